The van der Waals surface area contributed by atoms with Gasteiger partial charge in [0.25, 0.3) is 0 Å². The van der Waals surface area contributed by atoms with Gasteiger partial charge in [0.15, 0.2) is 5.16 Å². The Morgan fingerprint density at radius 1 is 1.05 bits per heavy atom. The predicted octanol–water partition coefficient (Wildman–Crippen LogP) is 5.16. The van der Waals surface area contributed by atoms with Crippen LogP contribution in [0.3, 0.4) is 0 Å². The number of aromatic nitrogens is 2. The molecule has 0 unspecified atom stereocenters. The van der Waals surface area contributed by atoms with Crippen molar-refractivity contribution in [2.45, 2.75) is 10.9 Å². The zero-order chi connectivity index (χ0) is 13.2. The molecular formula is C14H10Cl2N2S. The van der Waals surface area contributed by atoms with Crippen LogP contribution >= 0.6 is 35.0 Å². The van der Waals surface area contributed by atoms with Gasteiger partial charge in [0.2, 0.25) is 0 Å². The van der Waals surface area contributed by atoms with Gasteiger partial charge in [-0.05, 0) is 29.8 Å². The molecule has 0 bridgehead atoms. The summed E-state index contributed by atoms with van der Waals surface area (Å²) in [5.41, 5.74) is 3.16. The second-order valence-electron chi connectivity index (χ2n) is 4.10. The second kappa shape index (κ2) is 5.45. The van der Waals surface area contributed by atoms with E-state index in [1.165, 1.54) is 0 Å². The Morgan fingerprint density at radius 2 is 1.89 bits per heavy atom. The van der Waals surface area contributed by atoms with Crippen LogP contribution in [0.4, 0.5) is 0 Å². The van der Waals surface area contributed by atoms with Crippen LogP contribution in [0, 0.1) is 0 Å². The van der Waals surface area contributed by atoms with E-state index in [0.29, 0.717) is 10.0 Å². The number of imidazole rings is 1. The van der Waals surface area contributed by atoms with Gasteiger partial charge in [-0.15, -0.1) is 0 Å². The third kappa shape index (κ3) is 2.89. The fourth-order valence-electron chi connectivity index (χ4n) is 1.78. The van der Waals surface area contributed by atoms with Crippen molar-refractivity contribution in [2.24, 2.45) is 0 Å². The van der Waals surface area contributed by atoms with E-state index in [2.05, 4.69) is 9.97 Å². The van der Waals surface area contributed by atoms with Crippen molar-refractivity contribution in [3.8, 4) is 0 Å². The lowest BCUT2D eigenvalue weighted by Crippen LogP contribution is -1.82. The minimum atomic E-state index is 0.583. The average molecular weight is 309 g/mol. The van der Waals surface area contributed by atoms with Crippen molar-refractivity contribution in [1.29, 1.82) is 0 Å². The second-order valence-corrected chi connectivity index (χ2v) is 5.87. The number of nitrogens with one attached hydrogen (secondary N) is 1. The smallest absolute Gasteiger partial charge is 0.166 e. The van der Waals surface area contributed by atoms with Crippen molar-refractivity contribution < 1.29 is 0 Å². The summed E-state index contributed by atoms with van der Waals surface area (Å²) in [6, 6.07) is 13.7. The van der Waals surface area contributed by atoms with Crippen LogP contribution in [0.1, 0.15) is 5.56 Å². The van der Waals surface area contributed by atoms with Crippen LogP contribution < -0.4 is 0 Å². The first kappa shape index (κ1) is 12.9. The summed E-state index contributed by atoms with van der Waals surface area (Å²) in [7, 11) is 0. The van der Waals surface area contributed by atoms with Crippen LogP contribution in [0.2, 0.25) is 10.0 Å². The molecule has 0 atom stereocenters. The zero-order valence-electron chi connectivity index (χ0n) is 9.86. The van der Waals surface area contributed by atoms with E-state index < -0.39 is 0 Å². The van der Waals surface area contributed by atoms with E-state index >= 15 is 0 Å². The maximum atomic E-state index is 6.00. The molecule has 0 radical (unpaired) electrons. The Labute approximate surface area is 125 Å². The minimum Gasteiger partial charge on any atom is -0.333 e. The highest BCUT2D eigenvalue weighted by Crippen LogP contribution is 2.27. The van der Waals surface area contributed by atoms with Crippen molar-refractivity contribution in [3.63, 3.8) is 0 Å². The maximum absolute atomic E-state index is 6.00. The average Bonchev–Trinajstić information content (AvgIpc) is 2.83. The van der Waals surface area contributed by atoms with Gasteiger partial charge in [0.1, 0.15) is 0 Å². The number of fused-ring (bicyclic) bond motifs is 1. The lowest BCUT2D eigenvalue weighted by atomic mass is 10.2. The van der Waals surface area contributed by atoms with Crippen LogP contribution in [0.25, 0.3) is 11.0 Å². The summed E-state index contributed by atoms with van der Waals surface area (Å²) in [6.45, 7) is 0. The van der Waals surface area contributed by atoms with Gasteiger partial charge in [0, 0.05) is 5.75 Å². The Balaban J connectivity index is 1.76. The van der Waals surface area contributed by atoms with Crippen molar-refractivity contribution in [3.05, 3.63) is 58.1 Å². The number of nitrogens with zero attached hydrogens (tertiary/aromatic N) is 1. The molecule has 0 fully saturated rings. The normalized spacial score (nSPS) is 11.1. The lowest BCUT2D eigenvalue weighted by molar-refractivity contribution is 1.08. The SMILES string of the molecule is Clc1ccc(CSc2nc3ccccc3[nH]2)cc1Cl. The van der Waals surface area contributed by atoms with Gasteiger partial charge in [0.05, 0.1) is 21.1 Å². The number of aromatic amines is 1. The molecule has 0 aliphatic heterocycles. The van der Waals surface area contributed by atoms with Gasteiger partial charge in [-0.25, -0.2) is 4.98 Å². The molecular weight excluding hydrogens is 299 g/mol. The summed E-state index contributed by atoms with van der Waals surface area (Å²) in [5.74, 6) is 0.802. The minimum absolute atomic E-state index is 0.583. The zero-order valence-corrected chi connectivity index (χ0v) is 12.2. The van der Waals surface area contributed by atoms with E-state index in [0.717, 1.165) is 27.5 Å². The van der Waals surface area contributed by atoms with E-state index in [9.17, 15) is 0 Å². The van der Waals surface area contributed by atoms with Crippen molar-refractivity contribution >= 4 is 46.0 Å². The molecule has 0 spiro atoms. The molecule has 1 aromatic heterocycles. The molecule has 0 aliphatic carbocycles. The molecule has 3 aromatic rings. The predicted molar refractivity (Wildman–Crippen MR) is 82.1 cm³/mol. The molecule has 0 saturated carbocycles. The van der Waals surface area contributed by atoms with Gasteiger partial charge < -0.3 is 4.98 Å². The lowest BCUT2D eigenvalue weighted by Gasteiger charge is -2.01. The van der Waals surface area contributed by atoms with E-state index in [-0.39, 0.29) is 0 Å². The summed E-state index contributed by atoms with van der Waals surface area (Å²) in [6.07, 6.45) is 0. The van der Waals surface area contributed by atoms with Gasteiger partial charge in [-0.2, -0.15) is 0 Å². The van der Waals surface area contributed by atoms with E-state index in [1.54, 1.807) is 11.8 Å². The standard InChI is InChI=1S/C14H10Cl2N2S/c15-10-6-5-9(7-11(10)16)8-19-14-17-12-3-1-2-4-13(12)18-14/h1-7H,8H2,(H,17,18). The molecule has 0 saturated heterocycles. The van der Waals surface area contributed by atoms with Crippen LogP contribution in [-0.2, 0) is 5.75 Å². The number of para-hydroxylation sites is 2. The number of hydrogen-bond donors (Lipinski definition) is 1. The number of rotatable bonds is 3. The molecule has 1 N–H and O–H groups in total. The third-order valence-corrected chi connectivity index (χ3v) is 4.41. The molecule has 5 heteroatoms. The monoisotopic (exact) mass is 308 g/mol. The van der Waals surface area contributed by atoms with Crippen LogP contribution in [-0.4, -0.2) is 9.97 Å². The van der Waals surface area contributed by atoms with Crippen molar-refractivity contribution in [1.82, 2.24) is 9.97 Å². The third-order valence-electron chi connectivity index (χ3n) is 2.73. The molecule has 1 heterocycles. The highest BCUT2D eigenvalue weighted by Gasteiger charge is 2.04. The summed E-state index contributed by atoms with van der Waals surface area (Å²) in [4.78, 5) is 7.80. The fraction of sp³-hybridized carbons (Fsp3) is 0.0714. The van der Waals surface area contributed by atoms with E-state index in [4.69, 9.17) is 23.2 Å². The topological polar surface area (TPSA) is 28.7 Å². The van der Waals surface area contributed by atoms with E-state index in [1.807, 2.05) is 42.5 Å². The first-order valence-corrected chi connectivity index (χ1v) is 7.48. The first-order valence-electron chi connectivity index (χ1n) is 5.74. The van der Waals surface area contributed by atoms with Crippen LogP contribution in [0.15, 0.2) is 47.6 Å². The fourth-order valence-corrected chi connectivity index (χ4v) is 2.93. The highest BCUT2D eigenvalue weighted by molar-refractivity contribution is 7.98. The number of thioether (sulfide) groups is 1. The van der Waals surface area contributed by atoms with Gasteiger partial charge in [-0.3, -0.25) is 0 Å². The summed E-state index contributed by atoms with van der Waals surface area (Å²) >= 11 is 13.5. The number of H-pyrrole nitrogens is 1. The Hall–Kier alpha value is -1.16. The largest absolute Gasteiger partial charge is 0.333 e. The molecule has 0 aliphatic rings. The molecule has 19 heavy (non-hydrogen) atoms. The molecule has 0 amide bonds. The maximum Gasteiger partial charge on any atom is 0.166 e. The summed E-state index contributed by atoms with van der Waals surface area (Å²) < 4.78 is 0. The summed E-state index contributed by atoms with van der Waals surface area (Å²) in [5, 5.41) is 2.08. The molecule has 2 nitrogen and oxygen atoms in total. The number of benzene rings is 2. The van der Waals surface area contributed by atoms with Gasteiger partial charge in [-0.1, -0.05) is 53.2 Å². The quantitative estimate of drug-likeness (QED) is 0.677. The molecule has 3 rings (SSSR count). The highest BCUT2D eigenvalue weighted by atomic mass is 35.5. The number of hydrogen-bond acceptors (Lipinski definition) is 2. The van der Waals surface area contributed by atoms with Gasteiger partial charge >= 0.3 is 0 Å². The van der Waals surface area contributed by atoms with Crippen molar-refractivity contribution in [2.75, 3.05) is 0 Å². The Bertz CT molecular complexity index is 691. The molecule has 2 aromatic carbocycles. The Kier molecular flexibility index (Phi) is 3.69. The van der Waals surface area contributed by atoms with Crippen LogP contribution in [0.5, 0.6) is 0 Å². The molecule has 96 valence electrons. The Morgan fingerprint density at radius 3 is 2.68 bits per heavy atom. The number of halogens is 2. The first-order chi connectivity index (χ1) is 9.22.